The third-order valence-corrected chi connectivity index (χ3v) is 1.44. The molecule has 0 aliphatic carbocycles. The molecule has 2 N–H and O–H groups in total. The van der Waals surface area contributed by atoms with Crippen molar-refractivity contribution in [3.05, 3.63) is 12.2 Å². The van der Waals surface area contributed by atoms with E-state index in [9.17, 15) is 9.59 Å². The average Bonchev–Trinajstić information content (AvgIpc) is 2.35. The molecule has 14 heavy (non-hydrogen) atoms. The predicted molar refractivity (Wildman–Crippen MR) is 37.9 cm³/mol. The van der Waals surface area contributed by atoms with E-state index in [4.69, 9.17) is 10.2 Å². The smallest absolute Gasteiger partial charge is 0.308 e. The largest absolute Gasteiger partial charge is 0.481 e. The molecule has 0 saturated heterocycles. The monoisotopic (exact) mass is 273 g/mol. The first-order valence-electron chi connectivity index (χ1n) is 3.26. The Morgan fingerprint density at radius 1 is 1.43 bits per heavy atom. The second-order valence-electron chi connectivity index (χ2n) is 2.30. The third-order valence-electron chi connectivity index (χ3n) is 1.44. The Balaban J connectivity index is 0.00000169. The van der Waals surface area contributed by atoms with Crippen LogP contribution in [0.3, 0.4) is 0 Å². The molecule has 1 heterocycles. The van der Waals surface area contributed by atoms with Crippen molar-refractivity contribution in [2.45, 2.75) is 5.92 Å². The summed E-state index contributed by atoms with van der Waals surface area (Å²) < 4.78 is 1.06. The van der Waals surface area contributed by atoms with Gasteiger partial charge in [0.25, 0.3) is 0 Å². The molecule has 1 radical (unpaired) electrons. The van der Waals surface area contributed by atoms with Crippen molar-refractivity contribution in [2.24, 2.45) is 7.05 Å². The van der Waals surface area contributed by atoms with Crippen LogP contribution in [0.2, 0.25) is 0 Å². The molecular formula is C6H6N3O4Y-. The van der Waals surface area contributed by atoms with Gasteiger partial charge in [0.1, 0.15) is 5.92 Å². The summed E-state index contributed by atoms with van der Waals surface area (Å²) in [6, 6.07) is 0. The molecule has 1 rings (SSSR count). The molecule has 0 aromatic carbocycles. The van der Waals surface area contributed by atoms with E-state index in [1.807, 2.05) is 0 Å². The summed E-state index contributed by atoms with van der Waals surface area (Å²) in [4.78, 5) is 24.5. The van der Waals surface area contributed by atoms with E-state index in [-0.39, 0.29) is 38.5 Å². The topological polar surface area (TPSA) is 105 Å². The molecule has 1 aromatic heterocycles. The van der Waals surface area contributed by atoms with Crippen molar-refractivity contribution in [1.29, 1.82) is 0 Å². The van der Waals surface area contributed by atoms with Crippen LogP contribution in [0.4, 0.5) is 0 Å². The zero-order valence-electron chi connectivity index (χ0n) is 7.21. The van der Waals surface area contributed by atoms with Gasteiger partial charge in [-0.1, -0.05) is 0 Å². The Bertz CT molecular complexity index is 337. The minimum absolute atomic E-state index is 0. The first-order valence-corrected chi connectivity index (χ1v) is 3.26. The zero-order valence-corrected chi connectivity index (χ0v) is 10.0. The number of aromatic nitrogens is 3. The molecule has 7 nitrogen and oxygen atoms in total. The standard InChI is InChI=1S/C6H6N3O4.Y/c1-9-4(7-2-8-9)3(5(10)11)6(12)13;/h3H,1H3,(H,10,11)(H,12,13);/q-1;. The van der Waals surface area contributed by atoms with Gasteiger partial charge in [0.05, 0.1) is 0 Å². The van der Waals surface area contributed by atoms with Gasteiger partial charge in [-0.3, -0.25) is 14.7 Å². The number of carbonyl (C=O) groups is 2. The summed E-state index contributed by atoms with van der Waals surface area (Å²) in [5, 5.41) is 20.6. The zero-order chi connectivity index (χ0) is 10.0. The predicted octanol–water partition coefficient (Wildman–Crippen LogP) is -1.13. The van der Waals surface area contributed by atoms with Crippen molar-refractivity contribution in [3.63, 3.8) is 0 Å². The summed E-state index contributed by atoms with van der Waals surface area (Å²) >= 11 is 0. The number of aliphatic carboxylic acids is 2. The fraction of sp³-hybridized carbons (Fsp3) is 0.333. The first kappa shape index (κ1) is 13.2. The van der Waals surface area contributed by atoms with Gasteiger partial charge in [-0.05, 0) is 12.2 Å². The van der Waals surface area contributed by atoms with Gasteiger partial charge in [-0.2, -0.15) is 0 Å². The number of carboxylic acid groups (broad SMARTS) is 2. The molecule has 0 unspecified atom stereocenters. The number of hydrogen-bond donors (Lipinski definition) is 2. The number of hydrogen-bond acceptors (Lipinski definition) is 4. The Kier molecular flexibility index (Phi) is 4.86. The molecule has 8 heteroatoms. The van der Waals surface area contributed by atoms with E-state index in [1.54, 1.807) is 0 Å². The maximum absolute atomic E-state index is 10.5. The van der Waals surface area contributed by atoms with Gasteiger partial charge < -0.3 is 19.9 Å². The summed E-state index contributed by atoms with van der Waals surface area (Å²) in [7, 11) is 1.40. The molecule has 0 atom stereocenters. The van der Waals surface area contributed by atoms with Gasteiger partial charge in [0, 0.05) is 39.8 Å². The minimum atomic E-state index is -1.69. The van der Waals surface area contributed by atoms with Crippen molar-refractivity contribution in [1.82, 2.24) is 14.8 Å². The third kappa shape index (κ3) is 2.58. The van der Waals surface area contributed by atoms with Crippen molar-refractivity contribution < 1.29 is 52.5 Å². The van der Waals surface area contributed by atoms with Crippen LogP contribution in [0.1, 0.15) is 11.7 Å². The molecule has 0 fully saturated rings. The number of carboxylic acids is 2. The van der Waals surface area contributed by atoms with Crippen molar-refractivity contribution >= 4 is 11.9 Å². The number of nitrogens with zero attached hydrogens (tertiary/aromatic N) is 3. The fourth-order valence-corrected chi connectivity index (χ4v) is 0.842. The molecule has 0 bridgehead atoms. The molecular weight excluding hydrogens is 267 g/mol. The minimum Gasteiger partial charge on any atom is -0.481 e. The summed E-state index contributed by atoms with van der Waals surface area (Å²) in [6.07, 6.45) is 2.12. The van der Waals surface area contributed by atoms with Crippen LogP contribution >= 0.6 is 0 Å². The van der Waals surface area contributed by atoms with Crippen LogP contribution < -0.4 is 0 Å². The normalized spacial score (nSPS) is 9.57. The van der Waals surface area contributed by atoms with E-state index < -0.39 is 17.9 Å². The van der Waals surface area contributed by atoms with Crippen molar-refractivity contribution in [2.75, 3.05) is 0 Å². The Hall–Kier alpha value is -0.816. The SMILES string of the molecule is Cn1n[c-]nc1C(C(=O)O)C(=O)O.[Y]. The Morgan fingerprint density at radius 2 is 1.93 bits per heavy atom. The summed E-state index contributed by atoms with van der Waals surface area (Å²) in [5.41, 5.74) is 0. The molecule has 0 saturated carbocycles. The van der Waals surface area contributed by atoms with Crippen LogP contribution in [-0.2, 0) is 49.3 Å². The van der Waals surface area contributed by atoms with E-state index in [1.165, 1.54) is 7.05 Å². The summed E-state index contributed by atoms with van der Waals surface area (Å²) in [5.74, 6) is -4.79. The quantitative estimate of drug-likeness (QED) is 0.533. The first-order chi connectivity index (χ1) is 6.04. The van der Waals surface area contributed by atoms with Crippen LogP contribution in [0.15, 0.2) is 0 Å². The van der Waals surface area contributed by atoms with Crippen LogP contribution in [0, 0.1) is 6.33 Å². The van der Waals surface area contributed by atoms with Gasteiger partial charge in [0.2, 0.25) is 0 Å². The van der Waals surface area contributed by atoms with E-state index in [0.717, 1.165) is 4.68 Å². The Morgan fingerprint density at radius 3 is 2.21 bits per heavy atom. The maximum Gasteiger partial charge on any atom is 0.308 e. The molecule has 0 amide bonds. The van der Waals surface area contributed by atoms with Crippen LogP contribution in [0.25, 0.3) is 0 Å². The molecule has 0 spiro atoms. The van der Waals surface area contributed by atoms with Crippen molar-refractivity contribution in [3.8, 4) is 0 Å². The second-order valence-corrected chi connectivity index (χ2v) is 2.30. The van der Waals surface area contributed by atoms with E-state index in [2.05, 4.69) is 16.4 Å². The molecule has 73 valence electrons. The van der Waals surface area contributed by atoms with Gasteiger partial charge in [-0.25, -0.2) is 0 Å². The van der Waals surface area contributed by atoms with Gasteiger partial charge in [0.15, 0.2) is 0 Å². The average molecular weight is 273 g/mol. The number of aryl methyl sites for hydroxylation is 1. The molecule has 0 aliphatic heterocycles. The van der Waals surface area contributed by atoms with Gasteiger partial charge >= 0.3 is 11.9 Å². The molecule has 1 aromatic rings. The van der Waals surface area contributed by atoms with Crippen LogP contribution in [-0.4, -0.2) is 36.9 Å². The van der Waals surface area contributed by atoms with E-state index >= 15 is 0 Å². The summed E-state index contributed by atoms with van der Waals surface area (Å²) in [6.45, 7) is 0. The second kappa shape index (κ2) is 5.16. The van der Waals surface area contributed by atoms with Gasteiger partial charge in [-0.15, -0.1) is 0 Å². The molecule has 0 aliphatic rings. The maximum atomic E-state index is 10.5. The number of rotatable bonds is 3. The fourth-order valence-electron chi connectivity index (χ4n) is 0.842. The van der Waals surface area contributed by atoms with E-state index in [0.29, 0.717) is 0 Å². The Labute approximate surface area is 104 Å². The van der Waals surface area contributed by atoms with Crippen LogP contribution in [0.5, 0.6) is 0 Å².